The van der Waals surface area contributed by atoms with Crippen molar-refractivity contribution in [2.24, 2.45) is 0 Å². The molecule has 7 nitrogen and oxygen atoms in total. The highest BCUT2D eigenvalue weighted by molar-refractivity contribution is 6.10. The number of rotatable bonds is 4. The van der Waals surface area contributed by atoms with Crippen LogP contribution in [-0.4, -0.2) is 47.9 Å². The number of amides is 4. The first-order chi connectivity index (χ1) is 14.7. The van der Waals surface area contributed by atoms with Crippen molar-refractivity contribution in [1.29, 1.82) is 0 Å². The zero-order chi connectivity index (χ0) is 22.2. The van der Waals surface area contributed by atoms with Gasteiger partial charge in [0.25, 0.3) is 5.91 Å². The highest BCUT2D eigenvalue weighted by atomic mass is 19.4. The lowest BCUT2D eigenvalue weighted by atomic mass is 9.98. The Hall–Kier alpha value is -2.78. The molecule has 10 heteroatoms. The number of carbonyl (C=O) groups excluding carboxylic acids is 3. The Morgan fingerprint density at radius 1 is 1.06 bits per heavy atom. The number of carbonyl (C=O) groups is 3. The van der Waals surface area contributed by atoms with Gasteiger partial charge in [-0.2, -0.15) is 13.2 Å². The van der Waals surface area contributed by atoms with Gasteiger partial charge in [-0.25, -0.2) is 4.79 Å². The minimum atomic E-state index is -4.56. The van der Waals surface area contributed by atoms with E-state index in [-0.39, 0.29) is 5.69 Å². The summed E-state index contributed by atoms with van der Waals surface area (Å²) in [4.78, 5) is 40.5. The maximum absolute atomic E-state index is 13.2. The Balaban J connectivity index is 1.53. The molecule has 4 rings (SSSR count). The smallest absolute Gasteiger partial charge is 0.370 e. The van der Waals surface area contributed by atoms with Crippen molar-refractivity contribution in [3.05, 3.63) is 23.8 Å². The average Bonchev–Trinajstić information content (AvgIpc) is 3.28. The van der Waals surface area contributed by atoms with Crippen molar-refractivity contribution in [2.45, 2.75) is 56.7 Å². The van der Waals surface area contributed by atoms with Gasteiger partial charge in [0, 0.05) is 13.1 Å². The molecule has 168 valence electrons. The van der Waals surface area contributed by atoms with E-state index in [2.05, 4.69) is 10.6 Å². The maximum Gasteiger partial charge on any atom is 0.416 e. The van der Waals surface area contributed by atoms with Crippen LogP contribution >= 0.6 is 0 Å². The summed E-state index contributed by atoms with van der Waals surface area (Å²) in [6.07, 6.45) is 1.01. The molecule has 0 atom stereocenters. The Morgan fingerprint density at radius 2 is 1.74 bits per heavy atom. The molecule has 3 aliphatic rings. The molecule has 0 radical (unpaired) electrons. The first-order valence-electron chi connectivity index (χ1n) is 10.6. The van der Waals surface area contributed by atoms with Crippen molar-refractivity contribution in [2.75, 3.05) is 29.9 Å². The van der Waals surface area contributed by atoms with Crippen LogP contribution in [0.2, 0.25) is 0 Å². The van der Waals surface area contributed by atoms with Crippen LogP contribution in [0.15, 0.2) is 18.2 Å². The zero-order valence-corrected chi connectivity index (χ0v) is 17.1. The summed E-state index contributed by atoms with van der Waals surface area (Å²) < 4.78 is 39.7. The van der Waals surface area contributed by atoms with Gasteiger partial charge in [-0.05, 0) is 50.3 Å². The van der Waals surface area contributed by atoms with Crippen molar-refractivity contribution >= 4 is 29.2 Å². The molecule has 1 spiro atoms. The van der Waals surface area contributed by atoms with Crippen LogP contribution in [-0.2, 0) is 15.8 Å². The number of nitrogens with one attached hydrogen (secondary N) is 2. The van der Waals surface area contributed by atoms with Gasteiger partial charge in [0.15, 0.2) is 0 Å². The number of hydrogen-bond acceptors (Lipinski definition) is 4. The summed E-state index contributed by atoms with van der Waals surface area (Å²) in [5.74, 6) is -1.15. The quantitative estimate of drug-likeness (QED) is 0.705. The van der Waals surface area contributed by atoms with Gasteiger partial charge in [0.2, 0.25) is 5.91 Å². The molecule has 4 amide bonds. The second kappa shape index (κ2) is 8.05. The van der Waals surface area contributed by atoms with E-state index in [0.29, 0.717) is 31.6 Å². The van der Waals surface area contributed by atoms with E-state index in [1.807, 2.05) is 4.90 Å². The normalized spacial score (nSPS) is 21.0. The second-order valence-corrected chi connectivity index (χ2v) is 8.44. The van der Waals surface area contributed by atoms with E-state index in [0.717, 1.165) is 49.1 Å². The third-order valence-corrected chi connectivity index (χ3v) is 6.30. The molecule has 1 aliphatic carbocycles. The fourth-order valence-electron chi connectivity index (χ4n) is 4.69. The molecule has 2 saturated heterocycles. The minimum Gasteiger partial charge on any atom is -0.370 e. The summed E-state index contributed by atoms with van der Waals surface area (Å²) in [6.45, 7) is 0.829. The van der Waals surface area contributed by atoms with Gasteiger partial charge in [-0.15, -0.1) is 0 Å². The van der Waals surface area contributed by atoms with Crippen LogP contribution < -0.4 is 15.5 Å². The number of piperidine rings is 1. The summed E-state index contributed by atoms with van der Waals surface area (Å²) in [5.41, 5.74) is -1.27. The first kappa shape index (κ1) is 21.5. The van der Waals surface area contributed by atoms with E-state index < -0.39 is 41.7 Å². The average molecular weight is 438 g/mol. The number of halogens is 3. The van der Waals surface area contributed by atoms with E-state index >= 15 is 0 Å². The Labute approximate surface area is 177 Å². The molecule has 31 heavy (non-hydrogen) atoms. The minimum absolute atomic E-state index is 0.0318. The molecular weight excluding hydrogens is 413 g/mol. The Bertz CT molecular complexity index is 890. The molecule has 2 heterocycles. The number of hydrogen-bond donors (Lipinski definition) is 2. The SMILES string of the molecule is O=C(CN1C(=O)NC2(CCCC2)C1=O)Nc1cc(C(F)(F)F)ccc1N1CCCCC1. The molecule has 0 aromatic heterocycles. The molecule has 2 N–H and O–H groups in total. The highest BCUT2D eigenvalue weighted by Crippen LogP contribution is 2.37. The van der Waals surface area contributed by atoms with Crippen molar-refractivity contribution in [3.63, 3.8) is 0 Å². The summed E-state index contributed by atoms with van der Waals surface area (Å²) >= 11 is 0. The predicted octanol–water partition coefficient (Wildman–Crippen LogP) is 3.50. The molecule has 0 bridgehead atoms. The monoisotopic (exact) mass is 438 g/mol. The topological polar surface area (TPSA) is 81.8 Å². The van der Waals surface area contributed by atoms with Crippen LogP contribution in [0.5, 0.6) is 0 Å². The van der Waals surface area contributed by atoms with Crippen LogP contribution in [0.1, 0.15) is 50.5 Å². The van der Waals surface area contributed by atoms with Crippen LogP contribution in [0.25, 0.3) is 0 Å². The second-order valence-electron chi connectivity index (χ2n) is 8.44. The number of alkyl halides is 3. The van der Waals surface area contributed by atoms with E-state index in [1.165, 1.54) is 6.07 Å². The Morgan fingerprint density at radius 3 is 2.39 bits per heavy atom. The van der Waals surface area contributed by atoms with Crippen molar-refractivity contribution in [3.8, 4) is 0 Å². The predicted molar refractivity (Wildman–Crippen MR) is 108 cm³/mol. The van der Waals surface area contributed by atoms with E-state index in [4.69, 9.17) is 0 Å². The summed E-state index contributed by atoms with van der Waals surface area (Å²) in [7, 11) is 0. The standard InChI is InChI=1S/C21H25F3N4O3/c22-21(23,24)14-6-7-16(27-10-4-1-5-11-27)15(12-14)25-17(29)13-28-18(30)20(26-19(28)31)8-2-3-9-20/h6-7,12H,1-5,8-11,13H2,(H,25,29)(H,26,31). The molecule has 1 saturated carbocycles. The molecular formula is C21H25F3N4O3. The third kappa shape index (κ3) is 4.20. The van der Waals surface area contributed by atoms with Gasteiger partial charge >= 0.3 is 12.2 Å². The van der Waals surface area contributed by atoms with Gasteiger partial charge in [0.1, 0.15) is 12.1 Å². The molecule has 0 unspecified atom stereocenters. The van der Waals surface area contributed by atoms with Crippen molar-refractivity contribution in [1.82, 2.24) is 10.2 Å². The van der Waals surface area contributed by atoms with E-state index in [9.17, 15) is 27.6 Å². The third-order valence-electron chi connectivity index (χ3n) is 6.30. The highest BCUT2D eigenvalue weighted by Gasteiger charge is 2.52. The molecule has 1 aromatic carbocycles. The van der Waals surface area contributed by atoms with Gasteiger partial charge in [0.05, 0.1) is 16.9 Å². The summed E-state index contributed by atoms with van der Waals surface area (Å²) in [6, 6.07) is 2.64. The van der Waals surface area contributed by atoms with Crippen molar-refractivity contribution < 1.29 is 27.6 Å². The molecule has 1 aromatic rings. The zero-order valence-electron chi connectivity index (χ0n) is 17.1. The fourth-order valence-corrected chi connectivity index (χ4v) is 4.69. The number of imide groups is 1. The lowest BCUT2D eigenvalue weighted by Gasteiger charge is -2.31. The fraction of sp³-hybridized carbons (Fsp3) is 0.571. The largest absolute Gasteiger partial charge is 0.416 e. The van der Waals surface area contributed by atoms with E-state index in [1.54, 1.807) is 0 Å². The van der Waals surface area contributed by atoms with Crippen LogP contribution in [0.4, 0.5) is 29.3 Å². The number of anilines is 2. The molecule has 2 aliphatic heterocycles. The number of nitrogens with zero attached hydrogens (tertiary/aromatic N) is 2. The van der Waals surface area contributed by atoms with Crippen LogP contribution in [0, 0.1) is 0 Å². The summed E-state index contributed by atoms with van der Waals surface area (Å²) in [5, 5.41) is 5.20. The van der Waals surface area contributed by atoms with Crippen LogP contribution in [0.3, 0.4) is 0 Å². The van der Waals surface area contributed by atoms with Gasteiger partial charge in [-0.1, -0.05) is 12.8 Å². The lowest BCUT2D eigenvalue weighted by Crippen LogP contribution is -2.44. The lowest BCUT2D eigenvalue weighted by molar-refractivity contribution is -0.137. The number of benzene rings is 1. The van der Waals surface area contributed by atoms with Gasteiger partial charge in [-0.3, -0.25) is 14.5 Å². The van der Waals surface area contributed by atoms with Gasteiger partial charge < -0.3 is 15.5 Å². The first-order valence-corrected chi connectivity index (χ1v) is 10.6. The maximum atomic E-state index is 13.2. The molecule has 3 fully saturated rings. The number of urea groups is 1. The Kier molecular flexibility index (Phi) is 5.57.